The molecule has 8 rings (SSSR count). The maximum absolute atomic E-state index is 4.93. The molecule has 0 radical (unpaired) electrons. The predicted molar refractivity (Wildman–Crippen MR) is 219 cm³/mol. The van der Waals surface area contributed by atoms with Gasteiger partial charge in [0.1, 0.15) is 0 Å². The van der Waals surface area contributed by atoms with Gasteiger partial charge in [-0.05, 0) is 77.0 Å². The number of rotatable bonds is 9. The van der Waals surface area contributed by atoms with Crippen molar-refractivity contribution in [2.75, 3.05) is 0 Å². The molecule has 0 N–H and O–H groups in total. The van der Waals surface area contributed by atoms with Crippen LogP contribution in [0.5, 0.6) is 0 Å². The van der Waals surface area contributed by atoms with Crippen molar-refractivity contribution >= 4 is 50.1 Å². The number of hydrogen-bond donors (Lipinski definition) is 0. The molecule has 0 saturated heterocycles. The topological polar surface area (TPSA) is 0 Å². The molecule has 0 nitrogen and oxygen atoms in total. The fourth-order valence-electron chi connectivity index (χ4n) is 12.1. The molecule has 3 aromatic carbocycles. The van der Waals surface area contributed by atoms with Crippen molar-refractivity contribution < 1.29 is 20.8 Å². The molecule has 4 saturated carbocycles. The molecular weight excluding hydrogens is 747 g/mol. The van der Waals surface area contributed by atoms with Crippen molar-refractivity contribution in [3.05, 3.63) is 117 Å². The summed E-state index contributed by atoms with van der Waals surface area (Å²) in [5.74, 6) is 6.38. The van der Waals surface area contributed by atoms with E-state index in [-0.39, 0.29) is 14.9 Å². The SMILES string of the molecule is CCCCC1CCC([SiH](c2ccccc2)[SiH](c2ccccc2)C2CCC3C2CC2CCCC2C3C2C=Cc3ccccc32)C1.[CH3-].[CH3-].[Cl][Zr+2][Cl]. The van der Waals surface area contributed by atoms with Gasteiger partial charge in [-0.25, -0.2) is 0 Å². The van der Waals surface area contributed by atoms with E-state index in [9.17, 15) is 0 Å². The normalized spacial score (nSPS) is 31.9. The summed E-state index contributed by atoms with van der Waals surface area (Å²) in [6.45, 7) is 2.38. The molecule has 0 heterocycles. The van der Waals surface area contributed by atoms with Gasteiger partial charge in [0, 0.05) is 5.92 Å². The molecule has 0 spiro atoms. The number of unbranched alkanes of at least 4 members (excludes halogenated alkanes) is 1. The zero-order chi connectivity index (χ0) is 32.2. The molecule has 0 bridgehead atoms. The Morgan fingerprint density at radius 3 is 2.08 bits per heavy atom. The monoisotopic (exact) mass is 804 g/mol. The molecule has 4 fully saturated rings. The molecule has 0 aromatic heterocycles. The molecular formula is C44H60Cl2Si2Zr. The average Bonchev–Trinajstić information content (AvgIpc) is 3.93. The van der Waals surface area contributed by atoms with Gasteiger partial charge in [0.15, 0.2) is 0 Å². The van der Waals surface area contributed by atoms with Crippen LogP contribution in [0, 0.1) is 50.4 Å². The summed E-state index contributed by atoms with van der Waals surface area (Å²) in [5.41, 5.74) is 5.18. The zero-order valence-electron chi connectivity index (χ0n) is 30.3. The predicted octanol–water partition coefficient (Wildman–Crippen LogP) is 11.6. The Bertz CT molecular complexity index is 1450. The number of halogens is 2. The summed E-state index contributed by atoms with van der Waals surface area (Å²) in [6, 6.07) is 34.0. The van der Waals surface area contributed by atoms with E-state index < -0.39 is 37.5 Å². The fourth-order valence-corrected chi connectivity index (χ4v) is 28.9. The Hall–Kier alpha value is -0.703. The summed E-state index contributed by atoms with van der Waals surface area (Å²) in [4.78, 5) is 0. The standard InChI is InChI=1S/C42H54Si2.2CH3.2ClH.Zr/c1-2-3-13-30-22-24-35(28-30)43(33-16-6-4-7-17-33)44(34-18-8-5-9-19-34)41-27-26-39-40(41)29-32-15-12-21-37(32)42(39)38-25-23-31-14-10-11-20-36(31)38;;;;;/h4-11,14,16-20,23,25,30,32,35,37-44H,2-3,12-13,15,21-22,24,26-29H2,1H3;2*1H3;2*1H;/q;2*-1;;;+4/p-2. The van der Waals surface area contributed by atoms with Crippen molar-refractivity contribution in [1.82, 2.24) is 0 Å². The van der Waals surface area contributed by atoms with E-state index in [1.807, 2.05) is 10.4 Å². The van der Waals surface area contributed by atoms with Crippen LogP contribution in [0.25, 0.3) is 6.08 Å². The molecule has 0 amide bonds. The molecule has 0 aliphatic heterocycles. The third kappa shape index (κ3) is 8.43. The van der Waals surface area contributed by atoms with Gasteiger partial charge in [0.2, 0.25) is 0 Å². The van der Waals surface area contributed by atoms with E-state index in [0.29, 0.717) is 5.92 Å². The van der Waals surface area contributed by atoms with E-state index in [2.05, 4.69) is 104 Å². The van der Waals surface area contributed by atoms with Crippen LogP contribution in [0.15, 0.2) is 91.0 Å². The third-order valence-electron chi connectivity index (χ3n) is 13.7. The molecule has 5 aliphatic carbocycles. The molecule has 3 aromatic rings. The van der Waals surface area contributed by atoms with E-state index >= 15 is 0 Å². The summed E-state index contributed by atoms with van der Waals surface area (Å²) in [7, 11) is 7.45. The van der Waals surface area contributed by atoms with Crippen molar-refractivity contribution in [3.8, 4) is 0 Å². The molecule has 5 heteroatoms. The van der Waals surface area contributed by atoms with Gasteiger partial charge < -0.3 is 14.9 Å². The second kappa shape index (κ2) is 18.9. The Morgan fingerprint density at radius 2 is 1.37 bits per heavy atom. The molecule has 11 unspecified atom stereocenters. The number of allylic oxidation sites excluding steroid dienone is 1. The van der Waals surface area contributed by atoms with Gasteiger partial charge in [-0.15, -0.1) is 0 Å². The van der Waals surface area contributed by atoms with Crippen molar-refractivity contribution in [1.29, 1.82) is 0 Å². The van der Waals surface area contributed by atoms with Crippen LogP contribution in [-0.2, 0) is 20.8 Å². The van der Waals surface area contributed by atoms with Crippen LogP contribution in [0.4, 0.5) is 0 Å². The first-order valence-electron chi connectivity index (χ1n) is 19.0. The van der Waals surface area contributed by atoms with Crippen LogP contribution < -0.4 is 10.4 Å². The van der Waals surface area contributed by atoms with E-state index in [1.54, 1.807) is 18.4 Å². The van der Waals surface area contributed by atoms with Crippen LogP contribution in [0.1, 0.15) is 101 Å². The Labute approximate surface area is 321 Å². The minimum atomic E-state index is -1.23. The Morgan fingerprint density at radius 1 is 0.694 bits per heavy atom. The quantitative estimate of drug-likeness (QED) is 0.149. The summed E-state index contributed by atoms with van der Waals surface area (Å²) in [6.07, 6.45) is 23.1. The van der Waals surface area contributed by atoms with Crippen molar-refractivity contribution in [2.24, 2.45) is 35.5 Å². The second-order valence-corrected chi connectivity index (χ2v) is 29.1. The minimum absolute atomic E-state index is 0. The van der Waals surface area contributed by atoms with Gasteiger partial charge in [0.05, 0.1) is 16.6 Å². The number of hydrogen-bond acceptors (Lipinski definition) is 0. The first kappa shape index (κ1) is 39.5. The first-order chi connectivity index (χ1) is 23.2. The average molecular weight is 807 g/mol. The Kier molecular flexibility index (Phi) is 15.2. The van der Waals surface area contributed by atoms with Gasteiger partial charge in [-0.1, -0.05) is 172 Å². The van der Waals surface area contributed by atoms with Gasteiger partial charge in [-0.3, -0.25) is 0 Å². The zero-order valence-corrected chi connectivity index (χ0v) is 36.6. The van der Waals surface area contributed by atoms with Crippen molar-refractivity contribution in [2.45, 2.75) is 101 Å². The third-order valence-corrected chi connectivity index (χ3v) is 27.9. The molecule has 262 valence electrons. The second-order valence-electron chi connectivity index (χ2n) is 15.8. The summed E-state index contributed by atoms with van der Waals surface area (Å²) < 4.78 is 0. The van der Waals surface area contributed by atoms with E-state index in [4.69, 9.17) is 17.0 Å². The van der Waals surface area contributed by atoms with E-state index in [1.165, 1.54) is 69.8 Å². The fraction of sp³-hybridized carbons (Fsp3) is 0.500. The molecule has 5 aliphatic rings. The molecule has 49 heavy (non-hydrogen) atoms. The van der Waals surface area contributed by atoms with E-state index in [0.717, 1.165) is 46.6 Å². The van der Waals surface area contributed by atoms with Gasteiger partial charge >= 0.3 is 37.9 Å². The number of benzene rings is 3. The Balaban J connectivity index is 0.000000905. The van der Waals surface area contributed by atoms with Gasteiger partial charge in [-0.2, -0.15) is 0 Å². The summed E-state index contributed by atoms with van der Waals surface area (Å²) in [5, 5.41) is 3.67. The van der Waals surface area contributed by atoms with Crippen LogP contribution in [0.3, 0.4) is 0 Å². The van der Waals surface area contributed by atoms with Crippen LogP contribution in [-0.4, -0.2) is 16.6 Å². The maximum atomic E-state index is 4.93. The van der Waals surface area contributed by atoms with Crippen LogP contribution >= 0.6 is 17.0 Å². The summed E-state index contributed by atoms with van der Waals surface area (Å²) >= 11 is -0.826. The number of fused-ring (bicyclic) bond motifs is 3. The van der Waals surface area contributed by atoms with Crippen LogP contribution in [0.2, 0.25) is 11.1 Å². The molecule has 11 atom stereocenters. The van der Waals surface area contributed by atoms with Gasteiger partial charge in [0.25, 0.3) is 0 Å². The first-order valence-corrected chi connectivity index (χ1v) is 30.5. The van der Waals surface area contributed by atoms with Crippen molar-refractivity contribution in [3.63, 3.8) is 0 Å².